The molecule has 0 bridgehead atoms. The molecule has 0 aliphatic rings. The molecule has 6 heteroatoms. The molecule has 0 saturated heterocycles. The summed E-state index contributed by atoms with van der Waals surface area (Å²) in [6, 6.07) is 10.0. The first-order valence-corrected chi connectivity index (χ1v) is 6.52. The Morgan fingerprint density at radius 3 is 2.90 bits per heavy atom. The maximum atomic E-state index is 11.0. The molecule has 3 rings (SSSR count). The van der Waals surface area contributed by atoms with Crippen molar-refractivity contribution in [3.05, 3.63) is 52.3 Å². The van der Waals surface area contributed by atoms with Gasteiger partial charge in [-0.05, 0) is 18.6 Å². The monoisotopic (exact) mass is 269 g/mol. The van der Waals surface area contributed by atoms with Crippen molar-refractivity contribution in [3.8, 4) is 0 Å². The molecule has 0 amide bonds. The summed E-state index contributed by atoms with van der Waals surface area (Å²) >= 11 is 0. The predicted octanol–water partition coefficient (Wildman–Crippen LogP) is 1.82. The van der Waals surface area contributed by atoms with E-state index in [2.05, 4.69) is 32.4 Å². The van der Waals surface area contributed by atoms with Gasteiger partial charge in [0.25, 0.3) is 0 Å². The van der Waals surface area contributed by atoms with Crippen LogP contribution in [0.3, 0.4) is 0 Å². The number of pyridine rings is 1. The standard InChI is InChI=1S/C14H15N5O/c1-2-9-7-12(10-5-3-4-6-11(10)16-9)15-8-13-17-14(20)19-18-13/h3-7H,2,8H2,1H3,(H,15,16)(H2,17,18,19,20). The normalized spacial score (nSPS) is 10.8. The minimum Gasteiger partial charge on any atom is -0.377 e. The molecule has 20 heavy (non-hydrogen) atoms. The van der Waals surface area contributed by atoms with E-state index in [1.807, 2.05) is 30.3 Å². The number of aromatic amines is 2. The molecular formula is C14H15N5O. The number of nitrogens with one attached hydrogen (secondary N) is 3. The molecule has 102 valence electrons. The number of aryl methyl sites for hydroxylation is 1. The maximum Gasteiger partial charge on any atom is 0.340 e. The van der Waals surface area contributed by atoms with Crippen LogP contribution in [0.25, 0.3) is 10.9 Å². The highest BCUT2D eigenvalue weighted by molar-refractivity contribution is 5.91. The van der Waals surface area contributed by atoms with Gasteiger partial charge in [-0.1, -0.05) is 25.1 Å². The maximum absolute atomic E-state index is 11.0. The van der Waals surface area contributed by atoms with Crippen LogP contribution in [0, 0.1) is 0 Å². The molecule has 3 aromatic rings. The molecule has 0 unspecified atom stereocenters. The van der Waals surface area contributed by atoms with Crippen LogP contribution in [0.2, 0.25) is 0 Å². The predicted molar refractivity (Wildman–Crippen MR) is 77.7 cm³/mol. The summed E-state index contributed by atoms with van der Waals surface area (Å²) in [4.78, 5) is 18.2. The Balaban J connectivity index is 1.95. The van der Waals surface area contributed by atoms with E-state index in [-0.39, 0.29) is 5.69 Å². The molecule has 0 fully saturated rings. The lowest BCUT2D eigenvalue weighted by Crippen LogP contribution is -2.05. The summed E-state index contributed by atoms with van der Waals surface area (Å²) in [7, 11) is 0. The third kappa shape index (κ3) is 2.40. The molecule has 6 nitrogen and oxygen atoms in total. The first kappa shape index (κ1) is 12.4. The van der Waals surface area contributed by atoms with Crippen LogP contribution in [0.15, 0.2) is 35.1 Å². The second-order valence-electron chi connectivity index (χ2n) is 4.51. The van der Waals surface area contributed by atoms with Gasteiger partial charge in [0.1, 0.15) is 5.82 Å². The summed E-state index contributed by atoms with van der Waals surface area (Å²) in [6.45, 7) is 2.53. The van der Waals surface area contributed by atoms with Crippen molar-refractivity contribution in [3.63, 3.8) is 0 Å². The van der Waals surface area contributed by atoms with Crippen molar-refractivity contribution in [2.24, 2.45) is 0 Å². The van der Waals surface area contributed by atoms with Crippen LogP contribution in [0.4, 0.5) is 5.69 Å². The number of anilines is 1. The van der Waals surface area contributed by atoms with Crippen molar-refractivity contribution in [1.82, 2.24) is 20.2 Å². The number of benzene rings is 1. The average Bonchev–Trinajstić information content (AvgIpc) is 2.90. The van der Waals surface area contributed by atoms with Crippen LogP contribution >= 0.6 is 0 Å². The zero-order valence-corrected chi connectivity index (χ0v) is 11.1. The van der Waals surface area contributed by atoms with E-state index in [1.165, 1.54) is 0 Å². The topological polar surface area (TPSA) is 86.5 Å². The highest BCUT2D eigenvalue weighted by Gasteiger charge is 2.05. The Bertz CT molecular complexity index is 789. The van der Waals surface area contributed by atoms with E-state index >= 15 is 0 Å². The molecule has 2 aromatic heterocycles. The van der Waals surface area contributed by atoms with Crippen molar-refractivity contribution in [2.75, 3.05) is 5.32 Å². The molecular weight excluding hydrogens is 254 g/mol. The minimum absolute atomic E-state index is 0.296. The Morgan fingerprint density at radius 2 is 2.15 bits per heavy atom. The third-order valence-electron chi connectivity index (χ3n) is 3.13. The van der Waals surface area contributed by atoms with Gasteiger partial charge < -0.3 is 5.32 Å². The smallest absolute Gasteiger partial charge is 0.340 e. The van der Waals surface area contributed by atoms with Gasteiger partial charge in [-0.25, -0.2) is 9.89 Å². The number of aromatic nitrogens is 4. The first-order chi connectivity index (χ1) is 9.76. The van der Waals surface area contributed by atoms with E-state index in [4.69, 9.17) is 0 Å². The van der Waals surface area contributed by atoms with E-state index in [0.717, 1.165) is 28.7 Å². The molecule has 0 aliphatic carbocycles. The van der Waals surface area contributed by atoms with Gasteiger partial charge >= 0.3 is 5.69 Å². The Morgan fingerprint density at radius 1 is 1.30 bits per heavy atom. The number of rotatable bonds is 4. The van der Waals surface area contributed by atoms with E-state index < -0.39 is 0 Å². The minimum atomic E-state index is -0.296. The molecule has 2 heterocycles. The average molecular weight is 269 g/mol. The number of para-hydroxylation sites is 1. The largest absolute Gasteiger partial charge is 0.377 e. The highest BCUT2D eigenvalue weighted by atomic mass is 16.1. The summed E-state index contributed by atoms with van der Waals surface area (Å²) < 4.78 is 0. The van der Waals surface area contributed by atoms with Crippen LogP contribution in [0.1, 0.15) is 18.4 Å². The lowest BCUT2D eigenvalue weighted by molar-refractivity contribution is 0.952. The fourth-order valence-electron chi connectivity index (χ4n) is 2.13. The van der Waals surface area contributed by atoms with Gasteiger partial charge in [0.05, 0.1) is 12.1 Å². The summed E-state index contributed by atoms with van der Waals surface area (Å²) in [6.07, 6.45) is 0.874. The van der Waals surface area contributed by atoms with Crippen molar-refractivity contribution < 1.29 is 0 Å². The fourth-order valence-corrected chi connectivity index (χ4v) is 2.13. The molecule has 0 atom stereocenters. The van der Waals surface area contributed by atoms with E-state index in [0.29, 0.717) is 12.4 Å². The van der Waals surface area contributed by atoms with Gasteiger partial charge in [-0.15, -0.1) is 0 Å². The Hall–Kier alpha value is -2.63. The van der Waals surface area contributed by atoms with Crippen LogP contribution in [-0.2, 0) is 13.0 Å². The fraction of sp³-hybridized carbons (Fsp3) is 0.214. The molecule has 0 aliphatic heterocycles. The zero-order chi connectivity index (χ0) is 13.9. The first-order valence-electron chi connectivity index (χ1n) is 6.52. The number of hydrogen-bond acceptors (Lipinski definition) is 4. The van der Waals surface area contributed by atoms with Gasteiger partial charge in [0, 0.05) is 16.8 Å². The molecule has 0 saturated carbocycles. The molecule has 3 N–H and O–H groups in total. The third-order valence-corrected chi connectivity index (χ3v) is 3.13. The highest BCUT2D eigenvalue weighted by Crippen LogP contribution is 2.23. The van der Waals surface area contributed by atoms with Gasteiger partial charge in [-0.2, -0.15) is 5.10 Å². The summed E-state index contributed by atoms with van der Waals surface area (Å²) in [5.74, 6) is 0.578. The summed E-state index contributed by atoms with van der Waals surface area (Å²) in [5, 5.41) is 10.6. The molecule has 0 radical (unpaired) electrons. The van der Waals surface area contributed by atoms with Crippen molar-refractivity contribution >= 4 is 16.6 Å². The second kappa shape index (κ2) is 5.16. The van der Waals surface area contributed by atoms with E-state index in [9.17, 15) is 4.79 Å². The summed E-state index contributed by atoms with van der Waals surface area (Å²) in [5.41, 5.74) is 2.69. The van der Waals surface area contributed by atoms with Gasteiger partial charge in [0.15, 0.2) is 0 Å². The Labute approximate surface area is 115 Å². The lowest BCUT2D eigenvalue weighted by Gasteiger charge is -2.10. The number of fused-ring (bicyclic) bond motifs is 1. The van der Waals surface area contributed by atoms with Gasteiger partial charge in [-0.3, -0.25) is 9.97 Å². The van der Waals surface area contributed by atoms with Gasteiger partial charge in [0.2, 0.25) is 0 Å². The zero-order valence-electron chi connectivity index (χ0n) is 11.1. The van der Waals surface area contributed by atoms with Crippen molar-refractivity contribution in [1.29, 1.82) is 0 Å². The SMILES string of the molecule is CCc1cc(NCc2n[nH]c(=O)[nH]2)c2ccccc2n1. The lowest BCUT2D eigenvalue weighted by atomic mass is 10.1. The van der Waals surface area contributed by atoms with Crippen LogP contribution in [0.5, 0.6) is 0 Å². The second-order valence-corrected chi connectivity index (χ2v) is 4.51. The number of nitrogens with zero attached hydrogens (tertiary/aromatic N) is 2. The molecule has 0 spiro atoms. The van der Waals surface area contributed by atoms with Crippen molar-refractivity contribution in [2.45, 2.75) is 19.9 Å². The molecule has 1 aromatic carbocycles. The number of H-pyrrole nitrogens is 2. The van der Waals surface area contributed by atoms with Crippen LogP contribution in [-0.4, -0.2) is 20.2 Å². The van der Waals surface area contributed by atoms with Crippen LogP contribution < -0.4 is 11.0 Å². The Kier molecular flexibility index (Phi) is 3.20. The van der Waals surface area contributed by atoms with E-state index in [1.54, 1.807) is 0 Å². The number of hydrogen-bond donors (Lipinski definition) is 3. The quantitative estimate of drug-likeness (QED) is 0.674.